The molecule has 33 heavy (non-hydrogen) atoms. The van der Waals surface area contributed by atoms with Gasteiger partial charge in [0.25, 0.3) is 0 Å². The lowest BCUT2D eigenvalue weighted by atomic mass is 10.1. The van der Waals surface area contributed by atoms with Crippen molar-refractivity contribution in [1.82, 2.24) is 9.97 Å². The Morgan fingerprint density at radius 3 is 2.70 bits per heavy atom. The van der Waals surface area contributed by atoms with Gasteiger partial charge in [0.05, 0.1) is 32.1 Å². The average molecular weight is 445 g/mol. The van der Waals surface area contributed by atoms with E-state index >= 15 is 0 Å². The van der Waals surface area contributed by atoms with Crippen LogP contribution < -0.4 is 14.5 Å². The summed E-state index contributed by atoms with van der Waals surface area (Å²) < 4.78 is 17.4. The molecule has 0 aliphatic carbocycles. The lowest BCUT2D eigenvalue weighted by Crippen LogP contribution is -2.36. The molecule has 0 N–H and O–H groups in total. The zero-order chi connectivity index (χ0) is 22.5. The number of benzene rings is 2. The molecule has 5 rings (SSSR count). The minimum atomic E-state index is 0.485. The molecule has 1 saturated heterocycles. The maximum absolute atomic E-state index is 6.00. The summed E-state index contributed by atoms with van der Waals surface area (Å²) in [6, 6.07) is 16.4. The third-order valence-electron chi connectivity index (χ3n) is 5.86. The first-order valence-electron chi connectivity index (χ1n) is 11.3. The first kappa shape index (κ1) is 21.4. The molecule has 3 heterocycles. The van der Waals surface area contributed by atoms with Gasteiger partial charge in [-0.05, 0) is 42.5 Å². The molecule has 7 heteroatoms. The Balaban J connectivity index is 1.53. The quantitative estimate of drug-likeness (QED) is 0.521. The van der Waals surface area contributed by atoms with E-state index in [0.717, 1.165) is 54.6 Å². The minimum absolute atomic E-state index is 0.485. The van der Waals surface area contributed by atoms with E-state index in [9.17, 15) is 0 Å². The van der Waals surface area contributed by atoms with Gasteiger partial charge in [0.2, 0.25) is 5.95 Å². The lowest BCUT2D eigenvalue weighted by Gasteiger charge is -2.31. The van der Waals surface area contributed by atoms with Crippen LogP contribution in [-0.4, -0.2) is 56.5 Å². The van der Waals surface area contributed by atoms with Gasteiger partial charge in [0.1, 0.15) is 12.4 Å². The third-order valence-corrected chi connectivity index (χ3v) is 5.86. The average Bonchev–Trinajstić information content (AvgIpc) is 2.88. The molecule has 3 aromatic rings. The van der Waals surface area contributed by atoms with Crippen molar-refractivity contribution in [2.75, 3.05) is 56.4 Å². The van der Waals surface area contributed by atoms with Crippen molar-refractivity contribution in [1.29, 1.82) is 0 Å². The summed E-state index contributed by atoms with van der Waals surface area (Å²) >= 11 is 0. The van der Waals surface area contributed by atoms with Crippen LogP contribution in [0.2, 0.25) is 0 Å². The lowest BCUT2D eigenvalue weighted by molar-refractivity contribution is 0.121. The van der Waals surface area contributed by atoms with Gasteiger partial charge in [-0.25, -0.2) is 9.97 Å². The summed E-state index contributed by atoms with van der Waals surface area (Å²) in [6.07, 6.45) is 5.78. The van der Waals surface area contributed by atoms with E-state index in [1.807, 2.05) is 54.4 Å². The van der Waals surface area contributed by atoms with Crippen LogP contribution in [0.25, 0.3) is 11.3 Å². The smallest absolute Gasteiger partial charge is 0.230 e. The number of morpholine rings is 1. The van der Waals surface area contributed by atoms with Gasteiger partial charge >= 0.3 is 0 Å². The standard InChI is InChI=1S/C26H28N4O3/c1-29-22-7-8-25(30-11-15-31-16-12-30)21(17-22)19-32-13-2-3-14-33-23-6-4-5-20(18-23)24-9-10-27-26(29)28-24/h2-10,17-18H,11-16,19H2,1H3/b3-2-. The molecule has 6 bridgehead atoms. The van der Waals surface area contributed by atoms with E-state index < -0.39 is 0 Å². The molecule has 1 fully saturated rings. The molecule has 0 unspecified atom stereocenters. The molecule has 1 aromatic heterocycles. The van der Waals surface area contributed by atoms with Gasteiger partial charge < -0.3 is 24.0 Å². The normalized spacial score (nSPS) is 17.7. The predicted octanol–water partition coefficient (Wildman–Crippen LogP) is 4.21. The highest BCUT2D eigenvalue weighted by molar-refractivity contribution is 5.67. The van der Waals surface area contributed by atoms with Gasteiger partial charge in [0.15, 0.2) is 0 Å². The molecular formula is C26H28N4O3. The number of hydrogen-bond donors (Lipinski definition) is 0. The second-order valence-electron chi connectivity index (χ2n) is 8.04. The predicted molar refractivity (Wildman–Crippen MR) is 129 cm³/mol. The first-order valence-corrected chi connectivity index (χ1v) is 11.3. The van der Waals surface area contributed by atoms with E-state index in [-0.39, 0.29) is 0 Å². The fourth-order valence-electron chi connectivity index (χ4n) is 4.06. The molecule has 0 atom stereocenters. The molecule has 2 aliphatic heterocycles. The van der Waals surface area contributed by atoms with Crippen molar-refractivity contribution < 1.29 is 14.2 Å². The highest BCUT2D eigenvalue weighted by Gasteiger charge is 2.17. The molecule has 2 aromatic carbocycles. The number of aromatic nitrogens is 2. The van der Waals surface area contributed by atoms with Crippen molar-refractivity contribution in [2.24, 2.45) is 0 Å². The van der Waals surface area contributed by atoms with Gasteiger partial charge in [-0.2, -0.15) is 0 Å². The maximum atomic E-state index is 6.00. The Bertz CT molecular complexity index is 1130. The number of rotatable bonds is 1. The zero-order valence-corrected chi connectivity index (χ0v) is 18.8. The van der Waals surface area contributed by atoms with Crippen LogP contribution in [0.4, 0.5) is 17.3 Å². The summed E-state index contributed by atoms with van der Waals surface area (Å²) in [5.74, 6) is 1.44. The highest BCUT2D eigenvalue weighted by Crippen LogP contribution is 2.31. The van der Waals surface area contributed by atoms with Crippen molar-refractivity contribution in [2.45, 2.75) is 6.61 Å². The fourth-order valence-corrected chi connectivity index (χ4v) is 4.06. The van der Waals surface area contributed by atoms with Crippen LogP contribution in [0.3, 0.4) is 0 Å². The van der Waals surface area contributed by atoms with E-state index in [4.69, 9.17) is 19.2 Å². The van der Waals surface area contributed by atoms with Crippen LogP contribution in [0.5, 0.6) is 5.75 Å². The van der Waals surface area contributed by atoms with Crippen LogP contribution in [0.1, 0.15) is 5.56 Å². The van der Waals surface area contributed by atoms with Gasteiger partial charge in [-0.15, -0.1) is 0 Å². The molecule has 0 radical (unpaired) electrons. The number of fused-ring (bicyclic) bond motifs is 7. The van der Waals surface area contributed by atoms with Crippen LogP contribution in [0, 0.1) is 0 Å². The van der Waals surface area contributed by atoms with Crippen LogP contribution in [0.15, 0.2) is 66.9 Å². The van der Waals surface area contributed by atoms with Gasteiger partial charge in [-0.1, -0.05) is 18.2 Å². The highest BCUT2D eigenvalue weighted by atomic mass is 16.5. The van der Waals surface area contributed by atoms with E-state index in [1.165, 1.54) is 5.69 Å². The summed E-state index contributed by atoms with van der Waals surface area (Å²) in [5, 5.41) is 0. The van der Waals surface area contributed by atoms with Crippen molar-refractivity contribution in [3.63, 3.8) is 0 Å². The molecule has 0 spiro atoms. The minimum Gasteiger partial charge on any atom is -0.490 e. The van der Waals surface area contributed by atoms with E-state index in [0.29, 0.717) is 25.8 Å². The molecule has 170 valence electrons. The molecule has 7 nitrogen and oxygen atoms in total. The Hall–Kier alpha value is -3.42. The Labute approximate surface area is 194 Å². The van der Waals surface area contributed by atoms with Gasteiger partial charge in [0, 0.05) is 48.8 Å². The Morgan fingerprint density at radius 2 is 1.79 bits per heavy atom. The summed E-state index contributed by atoms with van der Waals surface area (Å²) in [7, 11) is 1.99. The second-order valence-corrected chi connectivity index (χ2v) is 8.04. The van der Waals surface area contributed by atoms with Crippen LogP contribution >= 0.6 is 0 Å². The zero-order valence-electron chi connectivity index (χ0n) is 18.8. The molecule has 0 saturated carbocycles. The number of nitrogens with zero attached hydrogens (tertiary/aromatic N) is 4. The maximum Gasteiger partial charge on any atom is 0.230 e. The molecular weight excluding hydrogens is 416 g/mol. The summed E-state index contributed by atoms with van der Waals surface area (Å²) in [4.78, 5) is 13.7. The summed E-state index contributed by atoms with van der Waals surface area (Å²) in [5.41, 5.74) is 5.18. The molecule has 2 aliphatic rings. The first-order chi connectivity index (χ1) is 16.3. The topological polar surface area (TPSA) is 60.0 Å². The van der Waals surface area contributed by atoms with Crippen molar-refractivity contribution in [3.05, 3.63) is 72.4 Å². The Morgan fingerprint density at radius 1 is 0.909 bits per heavy atom. The van der Waals surface area contributed by atoms with Gasteiger partial charge in [-0.3, -0.25) is 0 Å². The SMILES string of the molecule is CN1c2ccc(N3CCOCC3)c(c2)COC/C=C\COc2cccc(c2)-c2ccnc1n2. The summed E-state index contributed by atoms with van der Waals surface area (Å²) in [6.45, 7) is 4.76. The monoisotopic (exact) mass is 444 g/mol. The third kappa shape index (κ3) is 4.99. The second kappa shape index (κ2) is 10.0. The number of ether oxygens (including phenoxy) is 3. The Kier molecular flexibility index (Phi) is 6.51. The number of hydrogen-bond acceptors (Lipinski definition) is 7. The van der Waals surface area contributed by atoms with Crippen molar-refractivity contribution >= 4 is 17.3 Å². The van der Waals surface area contributed by atoms with E-state index in [2.05, 4.69) is 28.1 Å². The largest absolute Gasteiger partial charge is 0.490 e. The van der Waals surface area contributed by atoms with Crippen LogP contribution in [-0.2, 0) is 16.1 Å². The van der Waals surface area contributed by atoms with E-state index in [1.54, 1.807) is 6.20 Å². The number of anilines is 3. The fraction of sp³-hybridized carbons (Fsp3) is 0.308. The van der Waals surface area contributed by atoms with Crippen molar-refractivity contribution in [3.8, 4) is 17.0 Å². The molecule has 0 amide bonds.